The number of aromatic nitrogens is 4. The van der Waals surface area contributed by atoms with E-state index in [2.05, 4.69) is 15.1 Å². The Hall–Kier alpha value is -3.65. The third kappa shape index (κ3) is 3.44. The monoisotopic (exact) mass is 436 g/mol. The Balaban J connectivity index is 1.57. The van der Waals surface area contributed by atoms with Gasteiger partial charge >= 0.3 is 0 Å². The third-order valence-electron chi connectivity index (χ3n) is 5.03. The average molecular weight is 437 g/mol. The van der Waals surface area contributed by atoms with Crippen molar-refractivity contribution in [2.75, 3.05) is 0 Å². The number of halogens is 1. The molecule has 0 fully saturated rings. The molecule has 0 spiro atoms. The molecule has 4 aromatic rings. The molecule has 5 rings (SSSR count). The summed E-state index contributed by atoms with van der Waals surface area (Å²) >= 11 is 5.91. The minimum absolute atomic E-state index is 0.114. The number of carbonyl (C=O) groups is 1. The zero-order valence-electron chi connectivity index (χ0n) is 16.7. The Labute approximate surface area is 182 Å². The molecule has 8 nitrogen and oxygen atoms in total. The van der Waals surface area contributed by atoms with Crippen molar-refractivity contribution in [3.05, 3.63) is 82.5 Å². The minimum atomic E-state index is -0.498. The van der Waals surface area contributed by atoms with Gasteiger partial charge in [0.15, 0.2) is 17.3 Å². The highest BCUT2D eigenvalue weighted by molar-refractivity contribution is 6.30. The van der Waals surface area contributed by atoms with Crippen LogP contribution in [-0.2, 0) is 11.4 Å². The van der Waals surface area contributed by atoms with Crippen LogP contribution in [0.5, 0.6) is 11.6 Å². The van der Waals surface area contributed by atoms with Crippen LogP contribution < -0.4 is 9.47 Å². The summed E-state index contributed by atoms with van der Waals surface area (Å²) in [4.78, 5) is 21.5. The molecule has 1 aliphatic heterocycles. The van der Waals surface area contributed by atoms with E-state index in [0.717, 1.165) is 0 Å². The molecule has 1 aromatic carbocycles. The van der Waals surface area contributed by atoms with Crippen molar-refractivity contribution in [3.8, 4) is 11.6 Å². The molecule has 4 heterocycles. The molecule has 0 N–H and O–H groups in total. The number of rotatable bonds is 5. The number of nitrogens with zero attached hydrogens (tertiary/aromatic N) is 4. The first kappa shape index (κ1) is 19.3. The predicted molar refractivity (Wildman–Crippen MR) is 111 cm³/mol. The summed E-state index contributed by atoms with van der Waals surface area (Å²) in [6.07, 6.45) is 3.10. The normalized spacial score (nSPS) is 15.6. The van der Waals surface area contributed by atoms with Crippen LogP contribution in [0.25, 0.3) is 5.65 Å². The van der Waals surface area contributed by atoms with Gasteiger partial charge in [-0.2, -0.15) is 0 Å². The molecule has 0 radical (unpaired) electrons. The largest absolute Gasteiger partial charge is 0.486 e. The van der Waals surface area contributed by atoms with Gasteiger partial charge in [0.05, 0.1) is 17.7 Å². The van der Waals surface area contributed by atoms with E-state index in [1.54, 1.807) is 48.0 Å². The fourth-order valence-electron chi connectivity index (χ4n) is 3.72. The molecule has 31 heavy (non-hydrogen) atoms. The Kier molecular flexibility index (Phi) is 4.71. The topological polar surface area (TPSA) is 91.8 Å². The van der Waals surface area contributed by atoms with Crippen molar-refractivity contribution in [2.24, 2.45) is 0 Å². The van der Waals surface area contributed by atoms with Gasteiger partial charge in [-0.25, -0.2) is 14.5 Å². The predicted octanol–water partition coefficient (Wildman–Crippen LogP) is 4.34. The highest BCUT2D eigenvalue weighted by Gasteiger charge is 2.37. The van der Waals surface area contributed by atoms with E-state index in [9.17, 15) is 4.79 Å². The number of hydrogen-bond donors (Lipinski definition) is 0. The average Bonchev–Trinajstić information content (AvgIpc) is 3.41. The van der Waals surface area contributed by atoms with E-state index < -0.39 is 5.92 Å². The Morgan fingerprint density at radius 2 is 2.06 bits per heavy atom. The highest BCUT2D eigenvalue weighted by Crippen LogP contribution is 2.44. The number of furan rings is 1. The van der Waals surface area contributed by atoms with Crippen molar-refractivity contribution in [1.29, 1.82) is 0 Å². The van der Waals surface area contributed by atoms with Gasteiger partial charge in [-0.1, -0.05) is 11.6 Å². The fraction of sp³-hybridized carbons (Fsp3) is 0.182. The zero-order valence-corrected chi connectivity index (χ0v) is 17.5. The molecule has 1 aliphatic rings. The lowest BCUT2D eigenvalue weighted by atomic mass is 9.85. The number of hydrogen-bond acceptors (Lipinski definition) is 7. The second-order valence-corrected chi connectivity index (χ2v) is 7.52. The van der Waals surface area contributed by atoms with E-state index in [-0.39, 0.29) is 12.4 Å². The van der Waals surface area contributed by atoms with Crippen LogP contribution >= 0.6 is 11.6 Å². The van der Waals surface area contributed by atoms with Crippen LogP contribution in [0, 0.1) is 0 Å². The number of benzene rings is 1. The SMILES string of the molecule is CC(=O)C1=C(C)Oc2ncn3nc(COc4ccc(Cl)cc4)nc3c2[C@@H]1c1ccco1. The van der Waals surface area contributed by atoms with Gasteiger partial charge in [0.25, 0.3) is 0 Å². The molecule has 0 bridgehead atoms. The van der Waals surface area contributed by atoms with Crippen molar-refractivity contribution < 1.29 is 18.7 Å². The number of fused-ring (bicyclic) bond motifs is 3. The number of Topliss-reactive ketones (excluding diaryl/α,β-unsaturated/α-hetero) is 1. The lowest BCUT2D eigenvalue weighted by Crippen LogP contribution is -2.21. The quantitative estimate of drug-likeness (QED) is 0.459. The number of carbonyl (C=O) groups excluding carboxylic acids is 1. The smallest absolute Gasteiger partial charge is 0.228 e. The molecular weight excluding hydrogens is 420 g/mol. The Morgan fingerprint density at radius 3 is 2.77 bits per heavy atom. The maximum Gasteiger partial charge on any atom is 0.228 e. The summed E-state index contributed by atoms with van der Waals surface area (Å²) in [5.74, 6) is 1.96. The summed E-state index contributed by atoms with van der Waals surface area (Å²) in [7, 11) is 0. The fourth-order valence-corrected chi connectivity index (χ4v) is 3.84. The molecule has 3 aromatic heterocycles. The third-order valence-corrected chi connectivity index (χ3v) is 5.28. The maximum absolute atomic E-state index is 12.5. The summed E-state index contributed by atoms with van der Waals surface area (Å²) in [5, 5.41) is 5.09. The lowest BCUT2D eigenvalue weighted by Gasteiger charge is -2.26. The van der Waals surface area contributed by atoms with Gasteiger partial charge in [-0.3, -0.25) is 4.79 Å². The number of ether oxygens (including phenoxy) is 2. The van der Waals surface area contributed by atoms with Crippen LogP contribution in [0.1, 0.15) is 36.9 Å². The molecule has 156 valence electrons. The molecule has 0 aliphatic carbocycles. The Morgan fingerprint density at radius 1 is 1.26 bits per heavy atom. The summed E-state index contributed by atoms with van der Waals surface area (Å²) in [6.45, 7) is 3.40. The van der Waals surface area contributed by atoms with Gasteiger partial charge in [-0.05, 0) is 50.2 Å². The summed E-state index contributed by atoms with van der Waals surface area (Å²) < 4.78 is 18.9. The first-order chi connectivity index (χ1) is 15.0. The molecule has 0 saturated heterocycles. The van der Waals surface area contributed by atoms with Gasteiger partial charge in [0.1, 0.15) is 30.2 Å². The van der Waals surface area contributed by atoms with E-state index in [1.165, 1.54) is 13.3 Å². The van der Waals surface area contributed by atoms with E-state index in [0.29, 0.717) is 50.8 Å². The van der Waals surface area contributed by atoms with Crippen LogP contribution in [-0.4, -0.2) is 25.4 Å². The molecule has 0 saturated carbocycles. The van der Waals surface area contributed by atoms with Crippen molar-refractivity contribution >= 4 is 23.0 Å². The minimum Gasteiger partial charge on any atom is -0.486 e. The first-order valence-electron chi connectivity index (χ1n) is 9.56. The number of allylic oxidation sites excluding steroid dienone is 2. The molecule has 0 unspecified atom stereocenters. The van der Waals surface area contributed by atoms with Gasteiger partial charge in [0.2, 0.25) is 5.88 Å². The second-order valence-electron chi connectivity index (χ2n) is 7.08. The van der Waals surface area contributed by atoms with Crippen molar-refractivity contribution in [2.45, 2.75) is 26.4 Å². The van der Waals surface area contributed by atoms with E-state index in [4.69, 9.17) is 25.5 Å². The van der Waals surface area contributed by atoms with E-state index in [1.807, 2.05) is 6.07 Å². The molecule has 1 atom stereocenters. The van der Waals surface area contributed by atoms with Crippen LogP contribution in [0.2, 0.25) is 5.02 Å². The zero-order chi connectivity index (χ0) is 21.5. The van der Waals surface area contributed by atoms with Gasteiger partial charge < -0.3 is 13.9 Å². The van der Waals surface area contributed by atoms with Crippen molar-refractivity contribution in [1.82, 2.24) is 19.6 Å². The highest BCUT2D eigenvalue weighted by atomic mass is 35.5. The van der Waals surface area contributed by atoms with Crippen LogP contribution in [0.15, 0.2) is 64.7 Å². The molecule has 0 amide bonds. The second kappa shape index (κ2) is 7.55. The molecule has 9 heteroatoms. The maximum atomic E-state index is 12.5. The first-order valence-corrected chi connectivity index (χ1v) is 9.94. The van der Waals surface area contributed by atoms with Gasteiger partial charge in [-0.15, -0.1) is 5.10 Å². The standard InChI is InChI=1S/C22H17ClN4O4/c1-12(28)18-13(2)31-22-20(19(18)16-4-3-9-29-16)21-25-17(26-27(21)11-24-22)10-30-15-7-5-14(23)6-8-15/h3-9,11,19H,10H2,1-2H3/t19-/m1/s1. The van der Waals surface area contributed by atoms with E-state index >= 15 is 0 Å². The number of ketones is 1. The lowest BCUT2D eigenvalue weighted by molar-refractivity contribution is -0.114. The summed E-state index contributed by atoms with van der Waals surface area (Å²) in [5.41, 5.74) is 1.64. The Bertz CT molecular complexity index is 1310. The molecular formula is C22H17ClN4O4. The summed E-state index contributed by atoms with van der Waals surface area (Å²) in [6, 6.07) is 10.6. The van der Waals surface area contributed by atoms with Gasteiger partial charge in [0, 0.05) is 10.6 Å². The van der Waals surface area contributed by atoms with Crippen LogP contribution in [0.3, 0.4) is 0 Å². The van der Waals surface area contributed by atoms with Crippen molar-refractivity contribution in [3.63, 3.8) is 0 Å². The van der Waals surface area contributed by atoms with Crippen LogP contribution in [0.4, 0.5) is 0 Å².